The third-order valence-corrected chi connectivity index (χ3v) is 4.57. The molecule has 1 atom stereocenters. The molecule has 3 rings (SSSR count). The summed E-state index contributed by atoms with van der Waals surface area (Å²) in [5.74, 6) is -1.23. The number of carbonyl (C=O) groups excluding carboxylic acids is 1. The lowest BCUT2D eigenvalue weighted by Gasteiger charge is -2.18. The third kappa shape index (κ3) is 3.84. The predicted octanol–water partition coefficient (Wildman–Crippen LogP) is 2.93. The van der Waals surface area contributed by atoms with Gasteiger partial charge in [0.05, 0.1) is 16.8 Å². The molecule has 0 aliphatic carbocycles. The highest BCUT2D eigenvalue weighted by Crippen LogP contribution is 2.23. The number of hydrogen-bond acceptors (Lipinski definition) is 3. The van der Waals surface area contributed by atoms with Gasteiger partial charge in [-0.25, -0.2) is 9.18 Å². The quantitative estimate of drug-likeness (QED) is 0.927. The van der Waals surface area contributed by atoms with Crippen molar-refractivity contribution in [3.05, 3.63) is 64.7 Å². The number of aryl methyl sites for hydroxylation is 1. The minimum Gasteiger partial charge on any atom is -0.478 e. The third-order valence-electron chi connectivity index (χ3n) is 4.57. The second kappa shape index (κ2) is 7.01. The number of benzene rings is 1. The number of halogens is 1. The fourth-order valence-corrected chi connectivity index (χ4v) is 3.17. The summed E-state index contributed by atoms with van der Waals surface area (Å²) in [7, 11) is 0. The number of likely N-dealkylation sites (tertiary alicyclic amines) is 1. The molecular formula is C19H19FN2O3. The number of carbonyl (C=O) groups is 2. The Morgan fingerprint density at radius 1 is 1.32 bits per heavy atom. The van der Waals surface area contributed by atoms with Gasteiger partial charge in [0, 0.05) is 19.3 Å². The van der Waals surface area contributed by atoms with E-state index in [0.717, 1.165) is 18.4 Å². The van der Waals surface area contributed by atoms with Crippen molar-refractivity contribution < 1.29 is 19.1 Å². The Labute approximate surface area is 145 Å². The maximum Gasteiger partial charge on any atom is 0.337 e. The van der Waals surface area contributed by atoms with Crippen LogP contribution in [-0.4, -0.2) is 40.0 Å². The molecule has 1 aliphatic heterocycles. The van der Waals surface area contributed by atoms with E-state index in [0.29, 0.717) is 30.3 Å². The summed E-state index contributed by atoms with van der Waals surface area (Å²) in [4.78, 5) is 29.6. The number of aromatic carboxylic acids is 1. The molecule has 1 amide bonds. The highest BCUT2D eigenvalue weighted by atomic mass is 19.1. The van der Waals surface area contributed by atoms with Gasteiger partial charge in [-0.3, -0.25) is 9.78 Å². The summed E-state index contributed by atoms with van der Waals surface area (Å²) in [5, 5.41) is 9.08. The largest absolute Gasteiger partial charge is 0.478 e. The minimum atomic E-state index is -1.10. The van der Waals surface area contributed by atoms with E-state index >= 15 is 0 Å². The Kier molecular flexibility index (Phi) is 4.79. The second-order valence-electron chi connectivity index (χ2n) is 6.40. The summed E-state index contributed by atoms with van der Waals surface area (Å²) in [5.41, 5.74) is 1.92. The van der Waals surface area contributed by atoms with Crippen LogP contribution < -0.4 is 0 Å². The molecule has 2 heterocycles. The van der Waals surface area contributed by atoms with Gasteiger partial charge in [0.15, 0.2) is 0 Å². The second-order valence-corrected chi connectivity index (χ2v) is 6.40. The number of hydrogen-bond donors (Lipinski definition) is 1. The van der Waals surface area contributed by atoms with Crippen LogP contribution >= 0.6 is 0 Å². The van der Waals surface area contributed by atoms with Crippen LogP contribution in [0.2, 0.25) is 0 Å². The van der Waals surface area contributed by atoms with E-state index in [9.17, 15) is 14.0 Å². The minimum absolute atomic E-state index is 0.0102. The maximum absolute atomic E-state index is 13.0. The van der Waals surface area contributed by atoms with E-state index in [1.807, 2.05) is 0 Å². The van der Waals surface area contributed by atoms with E-state index in [4.69, 9.17) is 5.11 Å². The molecule has 1 aromatic carbocycles. The molecule has 6 heteroatoms. The molecule has 0 saturated carbocycles. The Morgan fingerprint density at radius 3 is 2.72 bits per heavy atom. The zero-order chi connectivity index (χ0) is 18.0. The monoisotopic (exact) mass is 342 g/mol. The molecule has 1 saturated heterocycles. The van der Waals surface area contributed by atoms with Crippen molar-refractivity contribution in [2.24, 2.45) is 5.92 Å². The van der Waals surface area contributed by atoms with Crippen LogP contribution in [0, 0.1) is 18.7 Å². The molecule has 5 nitrogen and oxygen atoms in total. The number of amides is 1. The summed E-state index contributed by atoms with van der Waals surface area (Å²) in [6.45, 7) is 2.93. The normalized spacial score (nSPS) is 16.9. The molecule has 0 spiro atoms. The van der Waals surface area contributed by atoms with E-state index in [1.165, 1.54) is 24.4 Å². The van der Waals surface area contributed by atoms with E-state index in [-0.39, 0.29) is 17.3 Å². The van der Waals surface area contributed by atoms with Gasteiger partial charge in [0.1, 0.15) is 5.82 Å². The van der Waals surface area contributed by atoms with Crippen LogP contribution in [0.4, 0.5) is 4.39 Å². The Balaban J connectivity index is 1.69. The summed E-state index contributed by atoms with van der Waals surface area (Å²) >= 11 is 0. The van der Waals surface area contributed by atoms with E-state index < -0.39 is 5.97 Å². The van der Waals surface area contributed by atoms with Crippen molar-refractivity contribution in [1.82, 2.24) is 9.88 Å². The Hall–Kier alpha value is -2.76. The predicted molar refractivity (Wildman–Crippen MR) is 90.0 cm³/mol. The standard InChI is InChI=1S/C19H19FN2O3/c1-12-17(9-15(10-21-12)19(24)25)18(23)22-7-6-14(11-22)8-13-2-4-16(20)5-3-13/h2-5,9-10,14H,6-8,11H2,1H3,(H,24,25). The van der Waals surface area contributed by atoms with Crippen LogP contribution in [0.1, 0.15) is 38.4 Å². The van der Waals surface area contributed by atoms with Crippen LogP contribution in [0.3, 0.4) is 0 Å². The summed E-state index contributed by atoms with van der Waals surface area (Å²) in [6, 6.07) is 7.81. The topological polar surface area (TPSA) is 70.5 Å². The molecule has 1 fully saturated rings. The van der Waals surface area contributed by atoms with Gasteiger partial charge in [-0.15, -0.1) is 0 Å². The Bertz CT molecular complexity index is 805. The maximum atomic E-state index is 13.0. The number of nitrogens with zero attached hydrogens (tertiary/aromatic N) is 2. The number of carboxylic acids is 1. The fourth-order valence-electron chi connectivity index (χ4n) is 3.17. The van der Waals surface area contributed by atoms with Crippen molar-refractivity contribution in [3.63, 3.8) is 0 Å². The smallest absolute Gasteiger partial charge is 0.337 e. The highest BCUT2D eigenvalue weighted by molar-refractivity contribution is 5.98. The Morgan fingerprint density at radius 2 is 2.04 bits per heavy atom. The highest BCUT2D eigenvalue weighted by Gasteiger charge is 2.28. The average molecular weight is 342 g/mol. The van der Waals surface area contributed by atoms with Crippen LogP contribution in [0.25, 0.3) is 0 Å². The average Bonchev–Trinajstić information content (AvgIpc) is 3.05. The molecule has 25 heavy (non-hydrogen) atoms. The summed E-state index contributed by atoms with van der Waals surface area (Å²) in [6.07, 6.45) is 2.92. The first-order chi connectivity index (χ1) is 11.9. The zero-order valence-electron chi connectivity index (χ0n) is 13.9. The van der Waals surface area contributed by atoms with Crippen molar-refractivity contribution in [2.75, 3.05) is 13.1 Å². The zero-order valence-corrected chi connectivity index (χ0v) is 13.9. The number of aromatic nitrogens is 1. The van der Waals surface area contributed by atoms with Gasteiger partial charge in [0.2, 0.25) is 0 Å². The molecule has 0 bridgehead atoms. The van der Waals surface area contributed by atoms with Crippen molar-refractivity contribution in [3.8, 4) is 0 Å². The van der Waals surface area contributed by atoms with Gasteiger partial charge in [-0.05, 0) is 49.4 Å². The lowest BCUT2D eigenvalue weighted by molar-refractivity contribution is 0.0696. The van der Waals surface area contributed by atoms with Crippen molar-refractivity contribution >= 4 is 11.9 Å². The van der Waals surface area contributed by atoms with Crippen LogP contribution in [0.5, 0.6) is 0 Å². The van der Waals surface area contributed by atoms with Gasteiger partial charge >= 0.3 is 5.97 Å². The van der Waals surface area contributed by atoms with Crippen LogP contribution in [-0.2, 0) is 6.42 Å². The summed E-state index contributed by atoms with van der Waals surface area (Å²) < 4.78 is 13.0. The van der Waals surface area contributed by atoms with Gasteiger partial charge in [0.25, 0.3) is 5.91 Å². The molecule has 1 aromatic heterocycles. The van der Waals surface area contributed by atoms with Crippen molar-refractivity contribution in [1.29, 1.82) is 0 Å². The molecule has 1 aliphatic rings. The van der Waals surface area contributed by atoms with Crippen molar-refractivity contribution in [2.45, 2.75) is 19.8 Å². The molecular weight excluding hydrogens is 323 g/mol. The SMILES string of the molecule is Cc1ncc(C(=O)O)cc1C(=O)N1CCC(Cc2ccc(F)cc2)C1. The first-order valence-corrected chi connectivity index (χ1v) is 8.17. The lowest BCUT2D eigenvalue weighted by atomic mass is 9.99. The lowest BCUT2D eigenvalue weighted by Crippen LogP contribution is -2.30. The van der Waals surface area contributed by atoms with Gasteiger partial charge in [-0.1, -0.05) is 12.1 Å². The molecule has 1 unspecified atom stereocenters. The van der Waals surface area contributed by atoms with Gasteiger partial charge in [-0.2, -0.15) is 0 Å². The molecule has 2 aromatic rings. The van der Waals surface area contributed by atoms with Crippen LogP contribution in [0.15, 0.2) is 36.5 Å². The molecule has 1 N–H and O–H groups in total. The first kappa shape index (κ1) is 17.1. The molecule has 130 valence electrons. The fraction of sp³-hybridized carbons (Fsp3) is 0.316. The number of carboxylic acid groups (broad SMARTS) is 1. The number of rotatable bonds is 4. The first-order valence-electron chi connectivity index (χ1n) is 8.17. The van der Waals surface area contributed by atoms with Gasteiger partial charge < -0.3 is 10.0 Å². The number of pyridine rings is 1. The van der Waals surface area contributed by atoms with E-state index in [2.05, 4.69) is 4.98 Å². The molecule has 0 radical (unpaired) electrons. The van der Waals surface area contributed by atoms with E-state index in [1.54, 1.807) is 24.0 Å².